The van der Waals surface area contributed by atoms with Crippen LogP contribution in [-0.4, -0.2) is 4.57 Å². The number of fused-ring (bicyclic) bond motifs is 7. The van der Waals surface area contributed by atoms with Gasteiger partial charge in [-0.2, -0.15) is 0 Å². The molecule has 46 heavy (non-hydrogen) atoms. The number of benzene rings is 7. The topological polar surface area (TPSA) is 4.93 Å². The molecule has 9 aromatic rings. The fraction of sp³-hybridized carbons (Fsp3) is 0.0455. The molecule has 220 valence electrons. The van der Waals surface area contributed by atoms with E-state index in [9.17, 15) is 0 Å². The molecule has 2 aromatic heterocycles. The smallest absolute Gasteiger partial charge is 0.0555 e. The Morgan fingerprint density at radius 1 is 0.391 bits per heavy atom. The van der Waals surface area contributed by atoms with Crippen LogP contribution in [0.2, 0.25) is 0 Å². The minimum absolute atomic E-state index is 1.17. The first-order valence-corrected chi connectivity index (χ1v) is 16.8. The van der Waals surface area contributed by atoms with Gasteiger partial charge >= 0.3 is 0 Å². The highest BCUT2D eigenvalue weighted by Crippen LogP contribution is 2.43. The molecule has 0 unspecified atom stereocenters. The molecule has 0 aliphatic heterocycles. The summed E-state index contributed by atoms with van der Waals surface area (Å²) in [6.07, 6.45) is 0. The Labute approximate surface area is 273 Å². The van der Waals surface area contributed by atoms with Crippen LogP contribution in [0, 0.1) is 0 Å². The van der Waals surface area contributed by atoms with Crippen LogP contribution in [0.1, 0.15) is 13.8 Å². The van der Waals surface area contributed by atoms with E-state index >= 15 is 0 Å². The van der Waals surface area contributed by atoms with E-state index in [1.807, 2.05) is 25.2 Å². The Morgan fingerprint density at radius 3 is 1.74 bits per heavy atom. The maximum atomic E-state index is 2.43. The monoisotopic (exact) mass is 607 g/mol. The van der Waals surface area contributed by atoms with Crippen LogP contribution in [0.5, 0.6) is 0 Å². The van der Waals surface area contributed by atoms with Crippen LogP contribution < -0.4 is 0 Å². The molecular formula is C44H33NS. The molecule has 0 saturated heterocycles. The van der Waals surface area contributed by atoms with Gasteiger partial charge in [0.1, 0.15) is 0 Å². The number of hydrogen-bond acceptors (Lipinski definition) is 1. The molecule has 9 rings (SSSR count). The molecule has 0 bridgehead atoms. The van der Waals surface area contributed by atoms with Gasteiger partial charge in [0.05, 0.1) is 11.0 Å². The van der Waals surface area contributed by atoms with Crippen molar-refractivity contribution in [1.29, 1.82) is 0 Å². The summed E-state index contributed by atoms with van der Waals surface area (Å²) in [7, 11) is 0. The van der Waals surface area contributed by atoms with Crippen LogP contribution in [0.4, 0.5) is 0 Å². The fourth-order valence-electron chi connectivity index (χ4n) is 6.70. The average molecular weight is 608 g/mol. The van der Waals surface area contributed by atoms with Gasteiger partial charge in [-0.3, -0.25) is 0 Å². The minimum Gasteiger partial charge on any atom is -0.309 e. The van der Waals surface area contributed by atoms with Gasteiger partial charge in [0, 0.05) is 36.6 Å². The lowest BCUT2D eigenvalue weighted by molar-refractivity contribution is 1.18. The first-order valence-electron chi connectivity index (χ1n) is 16.0. The summed E-state index contributed by atoms with van der Waals surface area (Å²) >= 11 is 1.90. The normalized spacial score (nSPS) is 11.3. The predicted octanol–water partition coefficient (Wildman–Crippen LogP) is 13.2. The van der Waals surface area contributed by atoms with Crippen molar-refractivity contribution in [2.24, 2.45) is 0 Å². The summed E-state index contributed by atoms with van der Waals surface area (Å²) in [5.74, 6) is 0. The van der Waals surface area contributed by atoms with E-state index in [0.717, 1.165) is 0 Å². The van der Waals surface area contributed by atoms with Crippen molar-refractivity contribution in [2.45, 2.75) is 13.8 Å². The summed E-state index contributed by atoms with van der Waals surface area (Å²) < 4.78 is 5.13. The van der Waals surface area contributed by atoms with Crippen molar-refractivity contribution in [3.8, 4) is 39.1 Å². The van der Waals surface area contributed by atoms with Crippen molar-refractivity contribution >= 4 is 53.3 Å². The van der Waals surface area contributed by atoms with E-state index < -0.39 is 0 Å². The molecule has 0 amide bonds. The molecule has 2 heteroatoms. The van der Waals surface area contributed by atoms with Crippen LogP contribution in [0.3, 0.4) is 0 Å². The van der Waals surface area contributed by atoms with Gasteiger partial charge in [0.25, 0.3) is 0 Å². The summed E-state index contributed by atoms with van der Waals surface area (Å²) in [6.45, 7) is 4.00. The molecule has 0 fully saturated rings. The first-order chi connectivity index (χ1) is 22.8. The molecule has 2 heterocycles. The highest BCUT2D eigenvalue weighted by atomic mass is 32.1. The van der Waals surface area contributed by atoms with Crippen LogP contribution in [-0.2, 0) is 0 Å². The number of hydrogen-bond donors (Lipinski definition) is 0. The molecule has 0 aliphatic carbocycles. The lowest BCUT2D eigenvalue weighted by Crippen LogP contribution is -1.94. The van der Waals surface area contributed by atoms with E-state index in [4.69, 9.17) is 0 Å². The van der Waals surface area contributed by atoms with Gasteiger partial charge in [-0.15, -0.1) is 11.3 Å². The molecule has 0 N–H and O–H groups in total. The standard InChI is InChI=1S/C42H27NS.C2H6/c1-2-10-28(11-3-1)29-20-22-30(23-21-29)31-12-8-13-32(26-31)33-14-9-15-34(27-33)43-38-18-6-4-17-37(38)41-39(43)25-24-36-35-16-5-7-19-40(35)44-42(36)41;1-2/h1-27H;1-2H3. The number of para-hydroxylation sites is 1. The number of nitrogens with zero attached hydrogens (tertiary/aromatic N) is 1. The van der Waals surface area contributed by atoms with Gasteiger partial charge < -0.3 is 4.57 Å². The Balaban J connectivity index is 0.00000153. The number of thiophene rings is 1. The Morgan fingerprint density at radius 2 is 0.957 bits per heavy atom. The van der Waals surface area contributed by atoms with Crippen molar-refractivity contribution in [2.75, 3.05) is 0 Å². The minimum atomic E-state index is 1.17. The van der Waals surface area contributed by atoms with Crippen molar-refractivity contribution in [1.82, 2.24) is 4.57 Å². The zero-order valence-corrected chi connectivity index (χ0v) is 26.8. The number of aromatic nitrogens is 1. The van der Waals surface area contributed by atoms with Gasteiger partial charge in [-0.05, 0) is 69.8 Å². The lowest BCUT2D eigenvalue weighted by Gasteiger charge is -2.11. The van der Waals surface area contributed by atoms with E-state index in [2.05, 4.69) is 168 Å². The maximum absolute atomic E-state index is 2.43. The summed E-state index contributed by atoms with van der Waals surface area (Å²) in [5, 5.41) is 5.31. The average Bonchev–Trinajstić information content (AvgIpc) is 3.69. The van der Waals surface area contributed by atoms with Gasteiger partial charge in [-0.1, -0.05) is 141 Å². The summed E-state index contributed by atoms with van der Waals surface area (Å²) in [5.41, 5.74) is 11.0. The molecule has 0 spiro atoms. The summed E-state index contributed by atoms with van der Waals surface area (Å²) in [4.78, 5) is 0. The molecule has 0 radical (unpaired) electrons. The molecular weight excluding hydrogens is 575 g/mol. The van der Waals surface area contributed by atoms with E-state index in [1.165, 1.54) is 81.0 Å². The predicted molar refractivity (Wildman–Crippen MR) is 201 cm³/mol. The Hall–Kier alpha value is -5.44. The Bertz CT molecular complexity index is 2480. The van der Waals surface area contributed by atoms with Crippen LogP contribution in [0.25, 0.3) is 81.0 Å². The molecule has 0 aliphatic rings. The second-order valence-corrected chi connectivity index (χ2v) is 12.4. The zero-order chi connectivity index (χ0) is 31.0. The highest BCUT2D eigenvalue weighted by molar-refractivity contribution is 7.26. The number of rotatable bonds is 4. The van der Waals surface area contributed by atoms with Crippen molar-refractivity contribution in [3.05, 3.63) is 164 Å². The quantitative estimate of drug-likeness (QED) is 0.188. The zero-order valence-electron chi connectivity index (χ0n) is 25.9. The lowest BCUT2D eigenvalue weighted by atomic mass is 9.97. The summed E-state index contributed by atoms with van der Waals surface area (Å²) in [6, 6.07) is 59.5. The van der Waals surface area contributed by atoms with Crippen LogP contribution >= 0.6 is 11.3 Å². The first kappa shape index (κ1) is 28.1. The van der Waals surface area contributed by atoms with Crippen molar-refractivity contribution in [3.63, 3.8) is 0 Å². The van der Waals surface area contributed by atoms with Gasteiger partial charge in [0.2, 0.25) is 0 Å². The third-order valence-electron chi connectivity index (χ3n) is 8.81. The highest BCUT2D eigenvalue weighted by Gasteiger charge is 2.17. The molecule has 0 atom stereocenters. The fourth-order valence-corrected chi connectivity index (χ4v) is 7.96. The second-order valence-electron chi connectivity index (χ2n) is 11.4. The molecule has 1 nitrogen and oxygen atoms in total. The third kappa shape index (κ3) is 4.70. The van der Waals surface area contributed by atoms with Crippen LogP contribution in [0.15, 0.2) is 164 Å². The van der Waals surface area contributed by atoms with E-state index in [1.54, 1.807) is 0 Å². The SMILES string of the molecule is CC.c1ccc(-c2ccc(-c3cccc(-c4cccc(-n5c6ccccc6c6c7sc8ccccc8c7ccc65)c4)c3)cc2)cc1. The molecule has 0 saturated carbocycles. The van der Waals surface area contributed by atoms with Gasteiger partial charge in [-0.25, -0.2) is 0 Å². The Kier molecular flexibility index (Phi) is 7.21. The van der Waals surface area contributed by atoms with Gasteiger partial charge in [0.15, 0.2) is 0 Å². The molecule has 7 aromatic carbocycles. The van der Waals surface area contributed by atoms with E-state index in [0.29, 0.717) is 0 Å². The van der Waals surface area contributed by atoms with Crippen molar-refractivity contribution < 1.29 is 0 Å². The third-order valence-corrected chi connectivity index (χ3v) is 10.0. The largest absolute Gasteiger partial charge is 0.309 e. The van der Waals surface area contributed by atoms with E-state index in [-0.39, 0.29) is 0 Å². The maximum Gasteiger partial charge on any atom is 0.0555 e. The second kappa shape index (κ2) is 11.8.